The van der Waals surface area contributed by atoms with Gasteiger partial charge in [-0.25, -0.2) is 0 Å². The summed E-state index contributed by atoms with van der Waals surface area (Å²) in [5.74, 6) is 0. The molecule has 0 amide bonds. The highest BCUT2D eigenvalue weighted by Crippen LogP contribution is 2.23. The summed E-state index contributed by atoms with van der Waals surface area (Å²) < 4.78 is 5.91. The molecule has 0 N–H and O–H groups in total. The Morgan fingerprint density at radius 3 is 2.95 bits per heavy atom. The van der Waals surface area contributed by atoms with Crippen LogP contribution >= 0.6 is 0 Å². The standard InChI is InChI=1S/C16H24N2O/c1-13-5-3-4-6-14(13)11-18-8-7-16-15(12-18)17(2)9-10-19-16/h3-6,15-16H,7-12H2,1-2H3/t15-,16-/m0/s1. The van der Waals surface area contributed by atoms with Crippen molar-refractivity contribution in [1.29, 1.82) is 0 Å². The molecule has 2 aliphatic heterocycles. The highest BCUT2D eigenvalue weighted by Gasteiger charge is 2.35. The molecular weight excluding hydrogens is 236 g/mol. The Labute approximate surface area is 116 Å². The molecule has 2 fully saturated rings. The van der Waals surface area contributed by atoms with E-state index < -0.39 is 0 Å². The normalized spacial score (nSPS) is 29.2. The maximum Gasteiger partial charge on any atom is 0.0755 e. The molecule has 1 aromatic rings. The Morgan fingerprint density at radius 1 is 1.26 bits per heavy atom. The van der Waals surface area contributed by atoms with Crippen molar-refractivity contribution in [2.45, 2.75) is 32.0 Å². The van der Waals surface area contributed by atoms with Crippen molar-refractivity contribution in [2.75, 3.05) is 33.3 Å². The summed E-state index contributed by atoms with van der Waals surface area (Å²) in [6, 6.07) is 9.30. The predicted octanol–water partition coefficient (Wildman–Crippen LogP) is 1.90. The Hall–Kier alpha value is -0.900. The van der Waals surface area contributed by atoms with Crippen molar-refractivity contribution in [1.82, 2.24) is 9.80 Å². The molecule has 0 aromatic heterocycles. The number of morpholine rings is 1. The molecule has 0 saturated carbocycles. The monoisotopic (exact) mass is 260 g/mol. The van der Waals surface area contributed by atoms with Crippen LogP contribution in [0.2, 0.25) is 0 Å². The number of benzene rings is 1. The zero-order valence-electron chi connectivity index (χ0n) is 12.0. The van der Waals surface area contributed by atoms with E-state index in [1.54, 1.807) is 0 Å². The van der Waals surface area contributed by atoms with Crippen LogP contribution in [0.4, 0.5) is 0 Å². The van der Waals surface area contributed by atoms with E-state index in [-0.39, 0.29) is 0 Å². The first-order valence-electron chi connectivity index (χ1n) is 7.33. The SMILES string of the molecule is Cc1ccccc1CN1CC[C@@H]2OCCN(C)[C@H]2C1. The molecule has 0 spiro atoms. The second-order valence-corrected chi connectivity index (χ2v) is 5.91. The third-order valence-electron chi connectivity index (χ3n) is 4.60. The highest BCUT2D eigenvalue weighted by molar-refractivity contribution is 5.25. The van der Waals surface area contributed by atoms with Crippen LogP contribution in [-0.2, 0) is 11.3 Å². The van der Waals surface area contributed by atoms with Gasteiger partial charge in [0.15, 0.2) is 0 Å². The number of likely N-dealkylation sites (N-methyl/N-ethyl adjacent to an activating group) is 1. The Balaban J connectivity index is 1.66. The number of hydrogen-bond acceptors (Lipinski definition) is 3. The van der Waals surface area contributed by atoms with Crippen LogP contribution in [0.25, 0.3) is 0 Å². The van der Waals surface area contributed by atoms with Gasteiger partial charge in [-0.05, 0) is 31.5 Å². The van der Waals surface area contributed by atoms with Gasteiger partial charge in [0.1, 0.15) is 0 Å². The van der Waals surface area contributed by atoms with E-state index in [9.17, 15) is 0 Å². The van der Waals surface area contributed by atoms with E-state index in [2.05, 4.69) is 48.0 Å². The van der Waals surface area contributed by atoms with Gasteiger partial charge in [0.2, 0.25) is 0 Å². The lowest BCUT2D eigenvalue weighted by Gasteiger charge is -2.45. The second kappa shape index (κ2) is 5.61. The first-order chi connectivity index (χ1) is 9.24. The minimum absolute atomic E-state index is 0.451. The van der Waals surface area contributed by atoms with Gasteiger partial charge in [-0.3, -0.25) is 9.80 Å². The lowest BCUT2D eigenvalue weighted by atomic mass is 9.98. The molecule has 1 aromatic carbocycles. The molecule has 3 rings (SSSR count). The molecule has 2 aliphatic rings. The maximum atomic E-state index is 5.91. The number of piperidine rings is 1. The number of ether oxygens (including phenoxy) is 1. The fourth-order valence-corrected chi connectivity index (χ4v) is 3.28. The van der Waals surface area contributed by atoms with Crippen molar-refractivity contribution >= 4 is 0 Å². The summed E-state index contributed by atoms with van der Waals surface area (Å²) >= 11 is 0. The van der Waals surface area contributed by atoms with E-state index >= 15 is 0 Å². The Bertz CT molecular complexity index is 435. The summed E-state index contributed by atoms with van der Waals surface area (Å²) in [5.41, 5.74) is 2.86. The van der Waals surface area contributed by atoms with Crippen LogP contribution in [-0.4, -0.2) is 55.2 Å². The highest BCUT2D eigenvalue weighted by atomic mass is 16.5. The number of nitrogens with zero attached hydrogens (tertiary/aromatic N) is 2. The van der Waals surface area contributed by atoms with Gasteiger partial charge in [0, 0.05) is 32.2 Å². The maximum absolute atomic E-state index is 5.91. The van der Waals surface area contributed by atoms with Crippen LogP contribution < -0.4 is 0 Å². The zero-order chi connectivity index (χ0) is 13.2. The van der Waals surface area contributed by atoms with Gasteiger partial charge >= 0.3 is 0 Å². The van der Waals surface area contributed by atoms with E-state index in [0.717, 1.165) is 32.8 Å². The molecule has 104 valence electrons. The van der Waals surface area contributed by atoms with E-state index in [1.807, 2.05) is 0 Å². The average Bonchev–Trinajstić information content (AvgIpc) is 2.42. The van der Waals surface area contributed by atoms with E-state index in [1.165, 1.54) is 17.5 Å². The third-order valence-corrected chi connectivity index (χ3v) is 4.60. The molecule has 0 bridgehead atoms. The van der Waals surface area contributed by atoms with Gasteiger partial charge in [-0.15, -0.1) is 0 Å². The van der Waals surface area contributed by atoms with Crippen molar-refractivity contribution in [3.8, 4) is 0 Å². The molecule has 3 nitrogen and oxygen atoms in total. The topological polar surface area (TPSA) is 15.7 Å². The third kappa shape index (κ3) is 2.83. The van der Waals surface area contributed by atoms with Crippen molar-refractivity contribution < 1.29 is 4.74 Å². The Kier molecular flexibility index (Phi) is 3.87. The smallest absolute Gasteiger partial charge is 0.0755 e. The van der Waals surface area contributed by atoms with Crippen LogP contribution in [0, 0.1) is 6.92 Å². The lowest BCUT2D eigenvalue weighted by molar-refractivity contribution is -0.0957. The molecular formula is C16H24N2O. The quantitative estimate of drug-likeness (QED) is 0.808. The summed E-state index contributed by atoms with van der Waals surface area (Å²) in [5, 5.41) is 0. The van der Waals surface area contributed by atoms with Gasteiger partial charge in [0.25, 0.3) is 0 Å². The molecule has 2 heterocycles. The summed E-state index contributed by atoms with van der Waals surface area (Å²) in [7, 11) is 2.23. The van der Waals surface area contributed by atoms with Gasteiger partial charge < -0.3 is 4.74 Å². The van der Waals surface area contributed by atoms with Crippen LogP contribution in [0.3, 0.4) is 0 Å². The first kappa shape index (κ1) is 13.1. The average molecular weight is 260 g/mol. The fraction of sp³-hybridized carbons (Fsp3) is 0.625. The number of likely N-dealkylation sites (tertiary alicyclic amines) is 1. The zero-order valence-corrected chi connectivity index (χ0v) is 12.0. The molecule has 0 unspecified atom stereocenters. The molecule has 0 radical (unpaired) electrons. The molecule has 19 heavy (non-hydrogen) atoms. The predicted molar refractivity (Wildman–Crippen MR) is 77.2 cm³/mol. The Morgan fingerprint density at radius 2 is 2.11 bits per heavy atom. The van der Waals surface area contributed by atoms with Crippen molar-refractivity contribution in [3.05, 3.63) is 35.4 Å². The van der Waals surface area contributed by atoms with Crippen LogP contribution in [0.5, 0.6) is 0 Å². The lowest BCUT2D eigenvalue weighted by Crippen LogP contribution is -2.58. The van der Waals surface area contributed by atoms with Gasteiger partial charge in [-0.1, -0.05) is 24.3 Å². The molecule has 0 aliphatic carbocycles. The minimum atomic E-state index is 0.451. The largest absolute Gasteiger partial charge is 0.375 e. The van der Waals surface area contributed by atoms with Crippen LogP contribution in [0.1, 0.15) is 17.5 Å². The number of rotatable bonds is 2. The minimum Gasteiger partial charge on any atom is -0.375 e. The summed E-state index contributed by atoms with van der Waals surface area (Å²) in [6.45, 7) is 7.54. The van der Waals surface area contributed by atoms with E-state index in [0.29, 0.717) is 12.1 Å². The van der Waals surface area contributed by atoms with Crippen molar-refractivity contribution in [3.63, 3.8) is 0 Å². The van der Waals surface area contributed by atoms with E-state index in [4.69, 9.17) is 4.74 Å². The summed E-state index contributed by atoms with van der Waals surface area (Å²) in [4.78, 5) is 5.05. The molecule has 2 saturated heterocycles. The first-order valence-corrected chi connectivity index (χ1v) is 7.33. The molecule has 2 atom stereocenters. The molecule has 3 heteroatoms. The number of aryl methyl sites for hydroxylation is 1. The second-order valence-electron chi connectivity index (χ2n) is 5.91. The fourth-order valence-electron chi connectivity index (χ4n) is 3.28. The van der Waals surface area contributed by atoms with Crippen LogP contribution in [0.15, 0.2) is 24.3 Å². The van der Waals surface area contributed by atoms with Gasteiger partial charge in [0.05, 0.1) is 12.7 Å². The van der Waals surface area contributed by atoms with Gasteiger partial charge in [-0.2, -0.15) is 0 Å². The summed E-state index contributed by atoms with van der Waals surface area (Å²) in [6.07, 6.45) is 1.62. The number of fused-ring (bicyclic) bond motifs is 1. The van der Waals surface area contributed by atoms with Crippen molar-refractivity contribution in [2.24, 2.45) is 0 Å². The number of hydrogen-bond donors (Lipinski definition) is 0.